The lowest BCUT2D eigenvalue weighted by molar-refractivity contribution is 0.667. The molecule has 22 heavy (non-hydrogen) atoms. The van der Waals surface area contributed by atoms with E-state index >= 15 is 0 Å². The van der Waals surface area contributed by atoms with Crippen LogP contribution in [0.1, 0.15) is 49.4 Å². The van der Waals surface area contributed by atoms with E-state index in [2.05, 4.69) is 18.8 Å². The summed E-state index contributed by atoms with van der Waals surface area (Å²) < 4.78 is 2.29. The summed E-state index contributed by atoms with van der Waals surface area (Å²) >= 11 is 1.50. The van der Waals surface area contributed by atoms with Crippen LogP contribution < -0.4 is 5.56 Å². The zero-order chi connectivity index (χ0) is 15.4. The van der Waals surface area contributed by atoms with Crippen LogP contribution in [0.25, 0.3) is 20.4 Å². The van der Waals surface area contributed by atoms with Crippen molar-refractivity contribution < 1.29 is 0 Å². The fourth-order valence-electron chi connectivity index (χ4n) is 3.50. The van der Waals surface area contributed by atoms with Crippen LogP contribution >= 0.6 is 11.3 Å². The van der Waals surface area contributed by atoms with Gasteiger partial charge in [0.15, 0.2) is 0 Å². The fraction of sp³-hybridized carbons (Fsp3) is 0.471. The van der Waals surface area contributed by atoms with Crippen molar-refractivity contribution in [3.63, 3.8) is 0 Å². The molecule has 0 fully saturated rings. The van der Waals surface area contributed by atoms with Gasteiger partial charge in [0.2, 0.25) is 0 Å². The van der Waals surface area contributed by atoms with Gasteiger partial charge in [0.25, 0.3) is 5.56 Å². The maximum atomic E-state index is 12.4. The molecule has 0 bridgehead atoms. The Morgan fingerprint density at radius 2 is 1.95 bits per heavy atom. The molecule has 0 saturated carbocycles. The molecule has 3 aromatic heterocycles. The number of rotatable bonds is 1. The minimum Gasteiger partial charge on any atom is -0.301 e. The van der Waals surface area contributed by atoms with E-state index in [1.165, 1.54) is 41.0 Å². The van der Waals surface area contributed by atoms with Gasteiger partial charge in [-0.05, 0) is 42.7 Å². The Morgan fingerprint density at radius 1 is 1.23 bits per heavy atom. The number of pyridine rings is 1. The molecule has 0 saturated heterocycles. The van der Waals surface area contributed by atoms with Crippen molar-refractivity contribution in [3.8, 4) is 0 Å². The molecule has 1 aliphatic carbocycles. The third-order valence-corrected chi connectivity index (χ3v) is 5.65. The van der Waals surface area contributed by atoms with Crippen LogP contribution in [0.15, 0.2) is 11.1 Å². The van der Waals surface area contributed by atoms with Crippen LogP contribution in [-0.2, 0) is 19.9 Å². The Labute approximate surface area is 132 Å². The molecule has 1 aliphatic rings. The van der Waals surface area contributed by atoms with Gasteiger partial charge in [-0.3, -0.25) is 4.79 Å². The number of nitrogens with zero attached hydrogens (tertiary/aromatic N) is 3. The second-order valence-electron chi connectivity index (χ2n) is 6.44. The highest BCUT2D eigenvalue weighted by Gasteiger charge is 2.23. The first-order valence-corrected chi connectivity index (χ1v) is 8.69. The van der Waals surface area contributed by atoms with Gasteiger partial charge in [-0.25, -0.2) is 9.97 Å². The Morgan fingerprint density at radius 3 is 2.68 bits per heavy atom. The second kappa shape index (κ2) is 4.88. The van der Waals surface area contributed by atoms with Crippen molar-refractivity contribution in [2.24, 2.45) is 7.05 Å². The fourth-order valence-corrected chi connectivity index (χ4v) is 4.65. The molecular weight excluding hydrogens is 294 g/mol. The zero-order valence-corrected chi connectivity index (χ0v) is 14.0. The summed E-state index contributed by atoms with van der Waals surface area (Å²) in [4.78, 5) is 22.8. The third-order valence-electron chi connectivity index (χ3n) is 4.59. The van der Waals surface area contributed by atoms with Crippen LogP contribution in [-0.4, -0.2) is 14.5 Å². The number of fused-ring (bicyclic) bond motifs is 5. The second-order valence-corrected chi connectivity index (χ2v) is 7.44. The summed E-state index contributed by atoms with van der Waals surface area (Å²) in [6.07, 6.45) is 6.26. The number of aromatic nitrogens is 3. The number of thiophene rings is 1. The lowest BCUT2D eigenvalue weighted by atomic mass is 9.86. The van der Waals surface area contributed by atoms with Gasteiger partial charge in [0.1, 0.15) is 9.53 Å². The van der Waals surface area contributed by atoms with E-state index in [1.807, 2.05) is 0 Å². The Hall–Kier alpha value is -1.75. The highest BCUT2D eigenvalue weighted by atomic mass is 32.1. The largest absolute Gasteiger partial charge is 0.301 e. The molecule has 0 N–H and O–H groups in total. The lowest BCUT2D eigenvalue weighted by Crippen LogP contribution is -2.15. The summed E-state index contributed by atoms with van der Waals surface area (Å²) in [7, 11) is 1.75. The van der Waals surface area contributed by atoms with Gasteiger partial charge in [-0.1, -0.05) is 13.8 Å². The summed E-state index contributed by atoms with van der Waals surface area (Å²) in [5.74, 6) is 0.414. The van der Waals surface area contributed by atoms with E-state index in [9.17, 15) is 4.79 Å². The first-order valence-electron chi connectivity index (χ1n) is 7.87. The maximum Gasteiger partial charge on any atom is 0.271 e. The van der Waals surface area contributed by atoms with E-state index in [0.29, 0.717) is 5.92 Å². The molecule has 4 rings (SSSR count). The van der Waals surface area contributed by atoms with Crippen molar-refractivity contribution >= 4 is 31.8 Å². The minimum absolute atomic E-state index is 0.0312. The predicted molar refractivity (Wildman–Crippen MR) is 90.9 cm³/mol. The van der Waals surface area contributed by atoms with E-state index in [0.717, 1.165) is 33.3 Å². The minimum atomic E-state index is 0.0312. The van der Waals surface area contributed by atoms with Crippen LogP contribution in [0, 0.1) is 0 Å². The monoisotopic (exact) mass is 313 g/mol. The molecular formula is C17H19N3OS. The predicted octanol–water partition coefficient (Wildman–Crippen LogP) is 3.55. The van der Waals surface area contributed by atoms with Gasteiger partial charge in [-0.2, -0.15) is 0 Å². The van der Waals surface area contributed by atoms with Crippen LogP contribution in [0.5, 0.6) is 0 Å². The Bertz CT molecular complexity index is 952. The average molecular weight is 313 g/mol. The molecule has 0 spiro atoms. The number of aryl methyl sites for hydroxylation is 2. The summed E-state index contributed by atoms with van der Waals surface area (Å²) in [5.41, 5.74) is 4.90. The SMILES string of the molecule is CC(C)c1nc2sc3c(=O)n(C)cnc3c2c2c1CCCC2. The molecule has 3 heterocycles. The van der Waals surface area contributed by atoms with E-state index in [1.54, 1.807) is 17.9 Å². The van der Waals surface area contributed by atoms with Crippen molar-refractivity contribution in [3.05, 3.63) is 33.5 Å². The van der Waals surface area contributed by atoms with E-state index in [4.69, 9.17) is 4.98 Å². The average Bonchev–Trinajstić information content (AvgIpc) is 2.89. The van der Waals surface area contributed by atoms with Gasteiger partial charge < -0.3 is 4.57 Å². The Kier molecular flexibility index (Phi) is 3.08. The van der Waals surface area contributed by atoms with Crippen LogP contribution in [0.4, 0.5) is 0 Å². The van der Waals surface area contributed by atoms with Crippen molar-refractivity contribution in [2.75, 3.05) is 0 Å². The molecule has 114 valence electrons. The molecule has 0 aromatic carbocycles. The molecule has 0 aliphatic heterocycles. The number of hydrogen-bond donors (Lipinski definition) is 0. The van der Waals surface area contributed by atoms with Crippen molar-refractivity contribution in [1.82, 2.24) is 14.5 Å². The molecule has 5 heteroatoms. The van der Waals surface area contributed by atoms with E-state index in [-0.39, 0.29) is 5.56 Å². The standard InChI is InChI=1S/C17H19N3OS/c1-9(2)13-11-7-5-4-6-10(11)12-14-15(22-16(12)19-13)17(21)20(3)8-18-14/h8-9H,4-7H2,1-3H3. The van der Waals surface area contributed by atoms with Gasteiger partial charge in [0, 0.05) is 18.1 Å². The lowest BCUT2D eigenvalue weighted by Gasteiger charge is -2.21. The zero-order valence-electron chi connectivity index (χ0n) is 13.1. The smallest absolute Gasteiger partial charge is 0.271 e. The summed E-state index contributed by atoms with van der Waals surface area (Å²) in [6.45, 7) is 4.40. The highest BCUT2D eigenvalue weighted by Crippen LogP contribution is 2.39. The van der Waals surface area contributed by atoms with Gasteiger partial charge >= 0.3 is 0 Å². The van der Waals surface area contributed by atoms with E-state index < -0.39 is 0 Å². The Balaban J connectivity index is 2.20. The molecule has 0 unspecified atom stereocenters. The third kappa shape index (κ3) is 1.85. The molecule has 4 nitrogen and oxygen atoms in total. The van der Waals surface area contributed by atoms with Crippen molar-refractivity contribution in [1.29, 1.82) is 0 Å². The van der Waals surface area contributed by atoms with Crippen LogP contribution in [0.2, 0.25) is 0 Å². The summed E-state index contributed by atoms with van der Waals surface area (Å²) in [6, 6.07) is 0. The first kappa shape index (κ1) is 13.9. The highest BCUT2D eigenvalue weighted by molar-refractivity contribution is 7.25. The summed E-state index contributed by atoms with van der Waals surface area (Å²) in [5, 5.41) is 1.14. The first-order chi connectivity index (χ1) is 10.6. The maximum absolute atomic E-state index is 12.4. The number of hydrogen-bond acceptors (Lipinski definition) is 4. The quantitative estimate of drug-likeness (QED) is 0.690. The topological polar surface area (TPSA) is 47.8 Å². The molecule has 0 radical (unpaired) electrons. The van der Waals surface area contributed by atoms with Crippen LogP contribution in [0.3, 0.4) is 0 Å². The van der Waals surface area contributed by atoms with Gasteiger partial charge in [-0.15, -0.1) is 11.3 Å². The molecule has 3 aromatic rings. The normalized spacial score (nSPS) is 14.9. The molecule has 0 atom stereocenters. The molecule has 0 amide bonds. The van der Waals surface area contributed by atoms with Crippen molar-refractivity contribution in [2.45, 2.75) is 45.4 Å². The van der Waals surface area contributed by atoms with Gasteiger partial charge in [0.05, 0.1) is 11.8 Å².